The lowest BCUT2D eigenvalue weighted by atomic mass is 9.91. The maximum atomic E-state index is 11.2. The van der Waals surface area contributed by atoms with Crippen LogP contribution in [0, 0.1) is 10.1 Å². The molecule has 4 N–H and O–H groups in total. The molecule has 0 radical (unpaired) electrons. The zero-order valence-electron chi connectivity index (χ0n) is 11.2. The Morgan fingerprint density at radius 1 is 1.50 bits per heavy atom. The van der Waals surface area contributed by atoms with Gasteiger partial charge in [-0.3, -0.25) is 10.1 Å². The van der Waals surface area contributed by atoms with Crippen LogP contribution in [0.3, 0.4) is 0 Å². The first-order valence-electron chi connectivity index (χ1n) is 6.43. The molecule has 0 aliphatic heterocycles. The van der Waals surface area contributed by atoms with E-state index in [0.29, 0.717) is 6.42 Å². The third kappa shape index (κ3) is 2.63. The van der Waals surface area contributed by atoms with Crippen molar-refractivity contribution in [1.82, 2.24) is 9.97 Å². The fraction of sp³-hybridized carbons (Fsp3) is 0.636. The number of hydrazine groups is 1. The van der Waals surface area contributed by atoms with Crippen molar-refractivity contribution in [3.8, 4) is 0 Å². The molecule has 1 aliphatic rings. The molecule has 1 saturated carbocycles. The first-order chi connectivity index (χ1) is 9.56. The van der Waals surface area contributed by atoms with Crippen LogP contribution in [0.2, 0.25) is 0 Å². The van der Waals surface area contributed by atoms with E-state index in [9.17, 15) is 15.2 Å². The standard InChI is InChI=1S/C11H18N6O3/c1-16(7-4-2-3-5-8(7)18)11-9(17(19)20)10(15-12)13-6-14-11/h6-8,18H,2-5,12H2,1H3,(H,13,14,15). The van der Waals surface area contributed by atoms with Gasteiger partial charge in [-0.25, -0.2) is 15.8 Å². The maximum Gasteiger partial charge on any atom is 0.354 e. The van der Waals surface area contributed by atoms with E-state index in [0.717, 1.165) is 19.3 Å². The van der Waals surface area contributed by atoms with E-state index in [1.165, 1.54) is 6.33 Å². The molecular weight excluding hydrogens is 264 g/mol. The normalized spacial score (nSPS) is 22.4. The second-order valence-corrected chi connectivity index (χ2v) is 4.83. The Balaban J connectivity index is 2.38. The van der Waals surface area contributed by atoms with E-state index in [4.69, 9.17) is 5.84 Å². The summed E-state index contributed by atoms with van der Waals surface area (Å²) in [6, 6.07) is -0.192. The van der Waals surface area contributed by atoms with Gasteiger partial charge in [0.15, 0.2) is 0 Å². The van der Waals surface area contributed by atoms with Gasteiger partial charge in [-0.2, -0.15) is 0 Å². The van der Waals surface area contributed by atoms with E-state index in [1.807, 2.05) is 0 Å². The first-order valence-corrected chi connectivity index (χ1v) is 6.43. The molecule has 0 spiro atoms. The number of aromatic nitrogens is 2. The van der Waals surface area contributed by atoms with Crippen LogP contribution in [-0.4, -0.2) is 39.2 Å². The summed E-state index contributed by atoms with van der Waals surface area (Å²) in [6.45, 7) is 0. The Kier molecular flexibility index (Phi) is 4.30. The van der Waals surface area contributed by atoms with Crippen molar-refractivity contribution in [2.45, 2.75) is 37.8 Å². The summed E-state index contributed by atoms with van der Waals surface area (Å²) < 4.78 is 0. The van der Waals surface area contributed by atoms with Gasteiger partial charge in [-0.05, 0) is 12.8 Å². The molecule has 2 atom stereocenters. The Labute approximate surface area is 115 Å². The second-order valence-electron chi connectivity index (χ2n) is 4.83. The highest BCUT2D eigenvalue weighted by atomic mass is 16.6. The molecule has 2 unspecified atom stereocenters. The van der Waals surface area contributed by atoms with Crippen molar-refractivity contribution in [3.05, 3.63) is 16.4 Å². The smallest absolute Gasteiger partial charge is 0.354 e. The molecule has 1 fully saturated rings. The largest absolute Gasteiger partial charge is 0.391 e. The van der Waals surface area contributed by atoms with Gasteiger partial charge in [0.25, 0.3) is 0 Å². The minimum atomic E-state index is -0.573. The van der Waals surface area contributed by atoms with Crippen LogP contribution in [0.4, 0.5) is 17.3 Å². The molecule has 110 valence electrons. The van der Waals surface area contributed by atoms with Crippen LogP contribution in [0.15, 0.2) is 6.33 Å². The molecular formula is C11H18N6O3. The Hall–Kier alpha value is -2.00. The number of nitrogen functional groups attached to an aromatic ring is 1. The molecule has 0 aromatic carbocycles. The molecule has 0 amide bonds. The molecule has 9 nitrogen and oxygen atoms in total. The second kappa shape index (κ2) is 5.97. The van der Waals surface area contributed by atoms with Crippen molar-refractivity contribution in [2.75, 3.05) is 17.4 Å². The lowest BCUT2D eigenvalue weighted by Crippen LogP contribution is -2.44. The molecule has 1 heterocycles. The van der Waals surface area contributed by atoms with Crippen LogP contribution >= 0.6 is 0 Å². The van der Waals surface area contributed by atoms with Gasteiger partial charge in [0.05, 0.1) is 17.1 Å². The summed E-state index contributed by atoms with van der Waals surface area (Å²) in [4.78, 5) is 20.0. The van der Waals surface area contributed by atoms with E-state index < -0.39 is 11.0 Å². The van der Waals surface area contributed by atoms with Crippen molar-refractivity contribution in [2.24, 2.45) is 5.84 Å². The number of aliphatic hydroxyl groups excluding tert-OH is 1. The monoisotopic (exact) mass is 282 g/mol. The quantitative estimate of drug-likeness (QED) is 0.411. The third-order valence-corrected chi connectivity index (χ3v) is 3.65. The SMILES string of the molecule is CN(c1ncnc(NN)c1[N+](=O)[O-])C1CCCCC1O. The summed E-state index contributed by atoms with van der Waals surface area (Å²) in [5.41, 5.74) is 1.92. The van der Waals surface area contributed by atoms with Crippen LogP contribution in [0.5, 0.6) is 0 Å². The van der Waals surface area contributed by atoms with Gasteiger partial charge in [0, 0.05) is 7.05 Å². The summed E-state index contributed by atoms with van der Waals surface area (Å²) in [5.74, 6) is 5.36. The summed E-state index contributed by atoms with van der Waals surface area (Å²) in [5, 5.41) is 21.3. The molecule has 0 bridgehead atoms. The Bertz CT molecular complexity index is 497. The van der Waals surface area contributed by atoms with E-state index in [2.05, 4.69) is 15.4 Å². The molecule has 1 aromatic rings. The van der Waals surface area contributed by atoms with Crippen LogP contribution in [0.25, 0.3) is 0 Å². The third-order valence-electron chi connectivity index (χ3n) is 3.65. The predicted octanol–water partition coefficient (Wildman–Crippen LogP) is 0.410. The molecule has 9 heteroatoms. The van der Waals surface area contributed by atoms with E-state index in [-0.39, 0.29) is 23.4 Å². The van der Waals surface area contributed by atoms with Crippen molar-refractivity contribution in [1.29, 1.82) is 0 Å². The van der Waals surface area contributed by atoms with Crippen LogP contribution < -0.4 is 16.2 Å². The lowest BCUT2D eigenvalue weighted by molar-refractivity contribution is -0.383. The Morgan fingerprint density at radius 3 is 2.80 bits per heavy atom. The first kappa shape index (κ1) is 14.4. The number of aliphatic hydroxyl groups is 1. The fourth-order valence-electron chi connectivity index (χ4n) is 2.60. The van der Waals surface area contributed by atoms with E-state index in [1.54, 1.807) is 11.9 Å². The van der Waals surface area contributed by atoms with Crippen molar-refractivity contribution >= 4 is 17.3 Å². The molecule has 0 saturated heterocycles. The predicted molar refractivity (Wildman–Crippen MR) is 73.2 cm³/mol. The van der Waals surface area contributed by atoms with Gasteiger partial charge in [0.1, 0.15) is 6.33 Å². The molecule has 20 heavy (non-hydrogen) atoms. The molecule has 1 aromatic heterocycles. The van der Waals surface area contributed by atoms with Crippen LogP contribution in [0.1, 0.15) is 25.7 Å². The average Bonchev–Trinajstić information content (AvgIpc) is 2.46. The highest BCUT2D eigenvalue weighted by Crippen LogP contribution is 2.34. The zero-order valence-corrected chi connectivity index (χ0v) is 11.2. The van der Waals surface area contributed by atoms with Gasteiger partial charge in [-0.1, -0.05) is 12.8 Å². The number of hydrogen-bond donors (Lipinski definition) is 3. The van der Waals surface area contributed by atoms with Gasteiger partial charge in [0.2, 0.25) is 11.6 Å². The number of rotatable bonds is 4. The highest BCUT2D eigenvalue weighted by molar-refractivity contribution is 5.70. The van der Waals surface area contributed by atoms with Gasteiger partial charge >= 0.3 is 5.69 Å². The lowest BCUT2D eigenvalue weighted by Gasteiger charge is -2.35. The molecule has 2 rings (SSSR count). The number of nitrogens with two attached hydrogens (primary N) is 1. The van der Waals surface area contributed by atoms with Gasteiger partial charge in [-0.15, -0.1) is 0 Å². The summed E-state index contributed by atoms with van der Waals surface area (Å²) in [7, 11) is 1.69. The highest BCUT2D eigenvalue weighted by Gasteiger charge is 2.33. The fourth-order valence-corrected chi connectivity index (χ4v) is 2.60. The minimum absolute atomic E-state index is 0.0443. The van der Waals surface area contributed by atoms with E-state index >= 15 is 0 Å². The number of likely N-dealkylation sites (N-methyl/N-ethyl adjacent to an activating group) is 1. The van der Waals surface area contributed by atoms with Crippen molar-refractivity contribution < 1.29 is 10.0 Å². The number of anilines is 2. The topological polar surface area (TPSA) is 130 Å². The molecule has 1 aliphatic carbocycles. The average molecular weight is 282 g/mol. The zero-order chi connectivity index (χ0) is 14.7. The number of nitrogens with zero attached hydrogens (tertiary/aromatic N) is 4. The van der Waals surface area contributed by atoms with Crippen molar-refractivity contribution in [3.63, 3.8) is 0 Å². The number of hydrogen-bond acceptors (Lipinski definition) is 8. The maximum absolute atomic E-state index is 11.2. The van der Waals surface area contributed by atoms with Gasteiger partial charge < -0.3 is 15.4 Å². The Morgan fingerprint density at radius 2 is 2.20 bits per heavy atom. The number of nitrogens with one attached hydrogen (secondary N) is 1. The number of nitro groups is 1. The minimum Gasteiger partial charge on any atom is -0.391 e. The van der Waals surface area contributed by atoms with Crippen LogP contribution in [-0.2, 0) is 0 Å². The summed E-state index contributed by atoms with van der Waals surface area (Å²) in [6.07, 6.45) is 4.10. The summed E-state index contributed by atoms with van der Waals surface area (Å²) >= 11 is 0.